The second kappa shape index (κ2) is 6.67. The van der Waals surface area contributed by atoms with Crippen LogP contribution in [0.2, 0.25) is 0 Å². The largest absolute Gasteiger partial charge is 0.481 e. The van der Waals surface area contributed by atoms with Crippen molar-refractivity contribution in [1.29, 1.82) is 0 Å². The fourth-order valence-corrected chi connectivity index (χ4v) is 3.14. The van der Waals surface area contributed by atoms with Gasteiger partial charge in [-0.25, -0.2) is 4.68 Å². The summed E-state index contributed by atoms with van der Waals surface area (Å²) in [6.07, 6.45) is -2.50. The van der Waals surface area contributed by atoms with Gasteiger partial charge in [0, 0.05) is 13.1 Å². The van der Waals surface area contributed by atoms with Crippen LogP contribution in [0.25, 0.3) is 5.69 Å². The van der Waals surface area contributed by atoms with E-state index in [0.29, 0.717) is 19.4 Å². The number of likely N-dealkylation sites (tertiary alicyclic amines) is 1. The Morgan fingerprint density at radius 2 is 1.96 bits per heavy atom. The topological polar surface area (TPSA) is 88.3 Å². The van der Waals surface area contributed by atoms with E-state index in [9.17, 15) is 27.9 Å². The minimum absolute atomic E-state index is 0.00711. The molecule has 1 atom stereocenters. The van der Waals surface area contributed by atoms with E-state index in [0.717, 1.165) is 16.9 Å². The summed E-state index contributed by atoms with van der Waals surface area (Å²) in [6, 6.07) is 4.84. The molecule has 1 unspecified atom stereocenters. The number of carbonyl (C=O) groups is 2. The molecule has 10 heteroatoms. The normalized spacial score (nSPS) is 20.5. The Kier molecular flexibility index (Phi) is 4.66. The van der Waals surface area contributed by atoms with Gasteiger partial charge < -0.3 is 10.0 Å². The number of carboxylic acids is 1. The maximum Gasteiger partial charge on any atom is 0.418 e. The lowest BCUT2D eigenvalue weighted by atomic mass is 9.82. The second-order valence-corrected chi connectivity index (χ2v) is 6.76. The number of benzene rings is 1. The molecule has 3 rings (SSSR count). The lowest BCUT2D eigenvalue weighted by Crippen LogP contribution is -2.48. The summed E-state index contributed by atoms with van der Waals surface area (Å²) in [5, 5.41) is 16.7. The van der Waals surface area contributed by atoms with Crippen molar-refractivity contribution < 1.29 is 27.9 Å². The van der Waals surface area contributed by atoms with Crippen molar-refractivity contribution in [3.8, 4) is 5.69 Å². The highest BCUT2D eigenvalue weighted by atomic mass is 19.4. The van der Waals surface area contributed by atoms with Crippen molar-refractivity contribution >= 4 is 11.9 Å². The van der Waals surface area contributed by atoms with Gasteiger partial charge in [-0.3, -0.25) is 9.59 Å². The van der Waals surface area contributed by atoms with Crippen LogP contribution in [0, 0.1) is 5.41 Å². The third-order valence-corrected chi connectivity index (χ3v) is 4.67. The van der Waals surface area contributed by atoms with E-state index in [1.54, 1.807) is 6.92 Å². The number of rotatable bonds is 3. The predicted octanol–water partition coefficient (Wildman–Crippen LogP) is 2.61. The van der Waals surface area contributed by atoms with Gasteiger partial charge in [0.1, 0.15) is 0 Å². The van der Waals surface area contributed by atoms with E-state index in [2.05, 4.69) is 10.3 Å². The summed E-state index contributed by atoms with van der Waals surface area (Å²) >= 11 is 0. The lowest BCUT2D eigenvalue weighted by Gasteiger charge is -2.37. The molecular formula is C17H17F3N4O3. The minimum Gasteiger partial charge on any atom is -0.481 e. The summed E-state index contributed by atoms with van der Waals surface area (Å²) in [5.41, 5.74) is -2.34. The standard InChI is InChI=1S/C17H17F3N4O3/c1-16(15(26)27)7-4-8-23(10-16)14(25)12-9-24(22-21-12)13-6-3-2-5-11(13)17(18,19)20/h2-3,5-6,9H,4,7-8,10H2,1H3,(H,26,27). The summed E-state index contributed by atoms with van der Waals surface area (Å²) in [7, 11) is 0. The van der Waals surface area contributed by atoms with Gasteiger partial charge >= 0.3 is 12.1 Å². The van der Waals surface area contributed by atoms with Crippen LogP contribution in [0.1, 0.15) is 35.8 Å². The van der Waals surface area contributed by atoms with Gasteiger partial charge in [-0.2, -0.15) is 13.2 Å². The van der Waals surface area contributed by atoms with Gasteiger partial charge in [-0.05, 0) is 31.9 Å². The molecule has 0 radical (unpaired) electrons. The summed E-state index contributed by atoms with van der Waals surface area (Å²) < 4.78 is 40.4. The van der Waals surface area contributed by atoms with Gasteiger partial charge in [0.05, 0.1) is 22.9 Å². The number of aliphatic carboxylic acids is 1. The molecule has 1 N–H and O–H groups in total. The molecule has 0 bridgehead atoms. The Bertz CT molecular complexity index is 880. The van der Waals surface area contributed by atoms with Crippen LogP contribution in [0.5, 0.6) is 0 Å². The average molecular weight is 382 g/mol. The minimum atomic E-state index is -4.58. The number of nitrogens with zero attached hydrogens (tertiary/aromatic N) is 4. The number of piperidine rings is 1. The molecule has 1 aromatic carbocycles. The van der Waals surface area contributed by atoms with E-state index in [4.69, 9.17) is 0 Å². The molecule has 2 aromatic rings. The van der Waals surface area contributed by atoms with Crippen LogP contribution >= 0.6 is 0 Å². The number of carbonyl (C=O) groups excluding carboxylic acids is 1. The number of hydrogen-bond acceptors (Lipinski definition) is 4. The van der Waals surface area contributed by atoms with Gasteiger partial charge in [0.25, 0.3) is 5.91 Å². The first-order valence-corrected chi connectivity index (χ1v) is 8.23. The monoisotopic (exact) mass is 382 g/mol. The van der Waals surface area contributed by atoms with Crippen LogP contribution < -0.4 is 0 Å². The molecule has 1 aliphatic heterocycles. The lowest BCUT2D eigenvalue weighted by molar-refractivity contribution is -0.150. The van der Waals surface area contributed by atoms with Gasteiger partial charge in [-0.1, -0.05) is 17.3 Å². The second-order valence-electron chi connectivity index (χ2n) is 6.76. The molecule has 1 amide bonds. The van der Waals surface area contributed by atoms with Gasteiger partial charge in [0.2, 0.25) is 0 Å². The van der Waals surface area contributed by atoms with Crippen LogP contribution in [-0.4, -0.2) is 50.0 Å². The molecular weight excluding hydrogens is 365 g/mol. The fraction of sp³-hybridized carbons (Fsp3) is 0.412. The van der Waals surface area contributed by atoms with Crippen molar-refractivity contribution in [3.63, 3.8) is 0 Å². The molecule has 0 aliphatic carbocycles. The first kappa shape index (κ1) is 18.9. The molecule has 1 fully saturated rings. The highest BCUT2D eigenvalue weighted by Crippen LogP contribution is 2.34. The average Bonchev–Trinajstić information content (AvgIpc) is 3.10. The van der Waals surface area contributed by atoms with E-state index >= 15 is 0 Å². The number of halogens is 3. The van der Waals surface area contributed by atoms with E-state index in [-0.39, 0.29) is 17.9 Å². The molecule has 0 saturated carbocycles. The zero-order valence-corrected chi connectivity index (χ0v) is 14.4. The first-order chi connectivity index (χ1) is 12.6. The molecule has 27 heavy (non-hydrogen) atoms. The Hall–Kier alpha value is -2.91. The highest BCUT2D eigenvalue weighted by Gasteiger charge is 2.40. The number of aromatic nitrogens is 3. The Morgan fingerprint density at radius 3 is 2.63 bits per heavy atom. The molecule has 7 nitrogen and oxygen atoms in total. The smallest absolute Gasteiger partial charge is 0.418 e. The Morgan fingerprint density at radius 1 is 1.26 bits per heavy atom. The number of amides is 1. The van der Waals surface area contributed by atoms with Gasteiger partial charge in [0.15, 0.2) is 5.69 Å². The van der Waals surface area contributed by atoms with E-state index < -0.39 is 29.0 Å². The first-order valence-electron chi connectivity index (χ1n) is 8.23. The Labute approximate surface area is 152 Å². The number of carboxylic acid groups (broad SMARTS) is 1. The quantitative estimate of drug-likeness (QED) is 0.882. The Balaban J connectivity index is 1.87. The molecule has 2 heterocycles. The van der Waals surface area contributed by atoms with Crippen molar-refractivity contribution in [3.05, 3.63) is 41.7 Å². The predicted molar refractivity (Wildman–Crippen MR) is 87.2 cm³/mol. The maximum absolute atomic E-state index is 13.2. The summed E-state index contributed by atoms with van der Waals surface area (Å²) in [6.45, 7) is 1.92. The number of alkyl halides is 3. The highest BCUT2D eigenvalue weighted by molar-refractivity contribution is 5.92. The summed E-state index contributed by atoms with van der Waals surface area (Å²) in [5.74, 6) is -1.55. The van der Waals surface area contributed by atoms with Crippen molar-refractivity contribution in [2.75, 3.05) is 13.1 Å². The fourth-order valence-electron chi connectivity index (χ4n) is 3.14. The van der Waals surface area contributed by atoms with Crippen LogP contribution in [0.15, 0.2) is 30.5 Å². The van der Waals surface area contributed by atoms with Crippen LogP contribution in [0.4, 0.5) is 13.2 Å². The van der Waals surface area contributed by atoms with Crippen LogP contribution in [0.3, 0.4) is 0 Å². The zero-order valence-electron chi connectivity index (χ0n) is 14.4. The van der Waals surface area contributed by atoms with Gasteiger partial charge in [-0.15, -0.1) is 5.10 Å². The van der Waals surface area contributed by atoms with Crippen LogP contribution in [-0.2, 0) is 11.0 Å². The SMILES string of the molecule is CC1(C(=O)O)CCCN(C(=O)c2cn(-c3ccccc3C(F)(F)F)nn2)C1. The number of para-hydroxylation sites is 1. The van der Waals surface area contributed by atoms with Crippen molar-refractivity contribution in [2.24, 2.45) is 5.41 Å². The molecule has 1 saturated heterocycles. The molecule has 144 valence electrons. The van der Waals surface area contributed by atoms with Crippen molar-refractivity contribution in [1.82, 2.24) is 19.9 Å². The van der Waals surface area contributed by atoms with Crippen molar-refractivity contribution in [2.45, 2.75) is 25.9 Å². The summed E-state index contributed by atoms with van der Waals surface area (Å²) in [4.78, 5) is 25.4. The molecule has 1 aromatic heterocycles. The molecule has 0 spiro atoms. The maximum atomic E-state index is 13.2. The van der Waals surface area contributed by atoms with E-state index in [1.165, 1.54) is 23.1 Å². The third kappa shape index (κ3) is 3.64. The number of hydrogen-bond donors (Lipinski definition) is 1. The van der Waals surface area contributed by atoms with E-state index in [1.807, 2.05) is 0 Å². The zero-order chi connectivity index (χ0) is 19.8. The third-order valence-electron chi connectivity index (χ3n) is 4.67. The molecule has 1 aliphatic rings.